The summed E-state index contributed by atoms with van der Waals surface area (Å²) in [6.45, 7) is 1.83. The molecule has 10 nitrogen and oxygen atoms in total. The Labute approximate surface area is 153 Å². The van der Waals surface area contributed by atoms with Crippen LogP contribution in [0.4, 0.5) is 5.95 Å². The molecule has 0 aliphatic rings. The van der Waals surface area contributed by atoms with Crippen molar-refractivity contribution < 1.29 is 5.11 Å². The maximum atomic E-state index is 12.1. The monoisotopic (exact) mass is 367 g/mol. The van der Waals surface area contributed by atoms with E-state index in [-0.39, 0.29) is 17.5 Å². The van der Waals surface area contributed by atoms with Crippen molar-refractivity contribution in [2.75, 3.05) is 0 Å². The van der Waals surface area contributed by atoms with E-state index in [0.29, 0.717) is 5.52 Å². The van der Waals surface area contributed by atoms with E-state index < -0.39 is 17.1 Å². The third-order valence-corrected chi connectivity index (χ3v) is 3.99. The normalized spacial score (nSPS) is 12.2. The lowest BCUT2D eigenvalue weighted by Gasteiger charge is -2.06. The number of aryl methyl sites for hydroxylation is 1. The largest absolute Gasteiger partial charge is 0.494 e. The molecule has 0 amide bonds. The van der Waals surface area contributed by atoms with Crippen molar-refractivity contribution in [2.24, 2.45) is 29.8 Å². The fraction of sp³-hybridized carbons (Fsp3) is 0.176. The summed E-state index contributed by atoms with van der Waals surface area (Å²) in [7, 11) is 2.63. The SMILES string of the molecule is Cc1nc(/N=C(N)/N=C/c2c(O)n(C)c(=O)n(C)c2=O)nc2ccccc12. The lowest BCUT2D eigenvalue weighted by Crippen LogP contribution is -2.38. The van der Waals surface area contributed by atoms with Gasteiger partial charge in [0.15, 0.2) is 0 Å². The van der Waals surface area contributed by atoms with Gasteiger partial charge in [-0.2, -0.15) is 4.99 Å². The zero-order chi connectivity index (χ0) is 19.7. The Morgan fingerprint density at radius 3 is 2.63 bits per heavy atom. The number of hydrogen-bond acceptors (Lipinski definition) is 6. The molecule has 0 atom stereocenters. The van der Waals surface area contributed by atoms with E-state index in [0.717, 1.165) is 26.4 Å². The Hall–Kier alpha value is -3.82. The van der Waals surface area contributed by atoms with Gasteiger partial charge in [0.1, 0.15) is 5.56 Å². The number of aliphatic imine (C=N–C) groups is 2. The average molecular weight is 367 g/mol. The number of benzene rings is 1. The second-order valence-electron chi connectivity index (χ2n) is 5.80. The number of rotatable bonds is 2. The first kappa shape index (κ1) is 18.0. The third-order valence-electron chi connectivity index (χ3n) is 3.99. The average Bonchev–Trinajstić information content (AvgIpc) is 2.65. The molecule has 0 spiro atoms. The van der Waals surface area contributed by atoms with Crippen LogP contribution in [0.3, 0.4) is 0 Å². The molecule has 1 aromatic carbocycles. The van der Waals surface area contributed by atoms with E-state index in [2.05, 4.69) is 20.0 Å². The van der Waals surface area contributed by atoms with Gasteiger partial charge >= 0.3 is 5.69 Å². The zero-order valence-electron chi connectivity index (χ0n) is 14.9. The topological polar surface area (TPSA) is 141 Å². The first-order valence-electron chi connectivity index (χ1n) is 7.90. The number of hydrogen-bond donors (Lipinski definition) is 2. The molecule has 2 aromatic heterocycles. The smallest absolute Gasteiger partial charge is 0.333 e. The second-order valence-corrected chi connectivity index (χ2v) is 5.80. The van der Waals surface area contributed by atoms with Crippen molar-refractivity contribution in [3.05, 3.63) is 56.4 Å². The van der Waals surface area contributed by atoms with Crippen molar-refractivity contribution in [3.63, 3.8) is 0 Å². The van der Waals surface area contributed by atoms with Crippen LogP contribution in [0, 0.1) is 6.92 Å². The molecule has 0 bridgehead atoms. The van der Waals surface area contributed by atoms with Gasteiger partial charge in [-0.1, -0.05) is 18.2 Å². The molecule has 0 radical (unpaired) electrons. The predicted molar refractivity (Wildman–Crippen MR) is 102 cm³/mol. The van der Waals surface area contributed by atoms with Crippen LogP contribution in [0.15, 0.2) is 43.8 Å². The van der Waals surface area contributed by atoms with Crippen molar-refractivity contribution >= 4 is 29.0 Å². The van der Waals surface area contributed by atoms with Crippen LogP contribution in [0.5, 0.6) is 5.88 Å². The van der Waals surface area contributed by atoms with Crippen LogP contribution in [-0.2, 0) is 14.1 Å². The summed E-state index contributed by atoms with van der Waals surface area (Å²) in [4.78, 5) is 40.3. The lowest BCUT2D eigenvalue weighted by molar-refractivity contribution is 0.410. The Bertz CT molecular complexity index is 1220. The van der Waals surface area contributed by atoms with E-state index in [4.69, 9.17) is 5.73 Å². The molecule has 27 heavy (non-hydrogen) atoms. The van der Waals surface area contributed by atoms with Crippen LogP contribution in [0.1, 0.15) is 11.3 Å². The fourth-order valence-electron chi connectivity index (χ4n) is 2.50. The van der Waals surface area contributed by atoms with Gasteiger partial charge in [-0.05, 0) is 13.0 Å². The van der Waals surface area contributed by atoms with Crippen molar-refractivity contribution in [1.82, 2.24) is 19.1 Å². The van der Waals surface area contributed by atoms with Gasteiger partial charge in [-0.15, -0.1) is 0 Å². The number of aromatic hydroxyl groups is 1. The van der Waals surface area contributed by atoms with Gasteiger partial charge in [0, 0.05) is 25.7 Å². The predicted octanol–water partition coefficient (Wildman–Crippen LogP) is 0.107. The summed E-state index contributed by atoms with van der Waals surface area (Å²) in [5, 5.41) is 10.9. The molecular weight excluding hydrogens is 350 g/mol. The lowest BCUT2D eigenvalue weighted by atomic mass is 10.2. The third kappa shape index (κ3) is 3.32. The van der Waals surface area contributed by atoms with Crippen molar-refractivity contribution in [3.8, 4) is 5.88 Å². The molecule has 3 rings (SSSR count). The summed E-state index contributed by atoms with van der Waals surface area (Å²) in [6, 6.07) is 7.47. The summed E-state index contributed by atoms with van der Waals surface area (Å²) in [5.74, 6) is -0.601. The van der Waals surface area contributed by atoms with E-state index in [1.807, 2.05) is 31.2 Å². The standard InChI is InChI=1S/C17H17N7O3/c1-9-10-6-4-5-7-12(10)21-16(20-9)22-15(18)19-8-11-13(25)23(2)17(27)24(3)14(11)26/h4-8,25H,1-3H3,(H2,18,20,21,22)/b19-8+. The minimum atomic E-state index is -0.704. The van der Waals surface area contributed by atoms with Gasteiger partial charge < -0.3 is 10.8 Å². The number of fused-ring (bicyclic) bond motifs is 1. The molecule has 0 aliphatic heterocycles. The summed E-state index contributed by atoms with van der Waals surface area (Å²) in [6.07, 6.45) is 1.05. The van der Waals surface area contributed by atoms with Crippen LogP contribution >= 0.6 is 0 Å². The first-order chi connectivity index (χ1) is 12.8. The van der Waals surface area contributed by atoms with Crippen LogP contribution in [0.25, 0.3) is 10.9 Å². The number of guanidine groups is 1. The molecule has 138 valence electrons. The van der Waals surface area contributed by atoms with E-state index >= 15 is 0 Å². The van der Waals surface area contributed by atoms with E-state index in [1.165, 1.54) is 14.1 Å². The molecule has 0 unspecified atom stereocenters. The quantitative estimate of drug-likeness (QED) is 0.486. The maximum absolute atomic E-state index is 12.1. The van der Waals surface area contributed by atoms with Gasteiger partial charge in [-0.25, -0.2) is 19.8 Å². The Morgan fingerprint density at radius 2 is 1.89 bits per heavy atom. The number of nitrogens with two attached hydrogens (primary N) is 1. The summed E-state index contributed by atoms with van der Waals surface area (Å²) >= 11 is 0. The fourth-order valence-corrected chi connectivity index (χ4v) is 2.50. The highest BCUT2D eigenvalue weighted by Crippen LogP contribution is 2.17. The molecule has 0 fully saturated rings. The van der Waals surface area contributed by atoms with Crippen molar-refractivity contribution in [1.29, 1.82) is 0 Å². The molecule has 10 heteroatoms. The van der Waals surface area contributed by atoms with E-state index in [1.54, 1.807) is 0 Å². The van der Waals surface area contributed by atoms with Crippen LogP contribution in [0.2, 0.25) is 0 Å². The van der Waals surface area contributed by atoms with Gasteiger partial charge in [0.25, 0.3) is 11.5 Å². The molecule has 0 saturated carbocycles. The van der Waals surface area contributed by atoms with E-state index in [9.17, 15) is 14.7 Å². The highest BCUT2D eigenvalue weighted by Gasteiger charge is 2.13. The van der Waals surface area contributed by atoms with Crippen molar-refractivity contribution in [2.45, 2.75) is 6.92 Å². The molecule has 2 heterocycles. The van der Waals surface area contributed by atoms with Gasteiger partial charge in [0.05, 0.1) is 11.2 Å². The Kier molecular flexibility index (Phi) is 4.55. The highest BCUT2D eigenvalue weighted by molar-refractivity contribution is 5.94. The second kappa shape index (κ2) is 6.83. The molecule has 3 N–H and O–H groups in total. The van der Waals surface area contributed by atoms with Crippen LogP contribution in [-0.4, -0.2) is 36.4 Å². The minimum Gasteiger partial charge on any atom is -0.494 e. The zero-order valence-corrected chi connectivity index (χ0v) is 14.9. The first-order valence-corrected chi connectivity index (χ1v) is 7.90. The number of nitrogens with zero attached hydrogens (tertiary/aromatic N) is 6. The molecule has 3 aromatic rings. The molecular formula is C17H17N7O3. The highest BCUT2D eigenvalue weighted by atomic mass is 16.3. The number of aromatic nitrogens is 4. The van der Waals surface area contributed by atoms with Gasteiger partial charge in [0.2, 0.25) is 11.8 Å². The number of para-hydroxylation sites is 1. The van der Waals surface area contributed by atoms with Gasteiger partial charge in [-0.3, -0.25) is 13.9 Å². The molecule has 0 saturated heterocycles. The van der Waals surface area contributed by atoms with Crippen LogP contribution < -0.4 is 17.0 Å². The Morgan fingerprint density at radius 1 is 1.19 bits per heavy atom. The summed E-state index contributed by atoms with van der Waals surface area (Å²) in [5.41, 5.74) is 5.67. The molecule has 0 aliphatic carbocycles. The maximum Gasteiger partial charge on any atom is 0.333 e. The summed E-state index contributed by atoms with van der Waals surface area (Å²) < 4.78 is 1.77. The Balaban J connectivity index is 2.00. The minimum absolute atomic E-state index is 0.124.